The van der Waals surface area contributed by atoms with Gasteiger partial charge in [-0.2, -0.15) is 0 Å². The maximum atomic E-state index is 12.9. The number of amides is 2. The van der Waals surface area contributed by atoms with Crippen LogP contribution in [0.4, 0.5) is 5.69 Å². The second-order valence-corrected chi connectivity index (χ2v) is 7.41. The SMILES string of the molecule is COCc1cccc(NC(=O)/C(=C/c2cccs2)NC(=O)c2ccccc2C)c1. The van der Waals surface area contributed by atoms with Gasteiger partial charge in [0.1, 0.15) is 5.70 Å². The summed E-state index contributed by atoms with van der Waals surface area (Å²) >= 11 is 1.49. The average molecular weight is 407 g/mol. The molecule has 3 rings (SSSR count). The van der Waals surface area contributed by atoms with E-state index in [0.717, 1.165) is 16.0 Å². The third-order valence-electron chi connectivity index (χ3n) is 4.21. The number of carbonyl (C=O) groups is 2. The van der Waals surface area contributed by atoms with E-state index in [1.54, 1.807) is 31.4 Å². The van der Waals surface area contributed by atoms with E-state index in [4.69, 9.17) is 4.74 Å². The van der Waals surface area contributed by atoms with Gasteiger partial charge in [0.2, 0.25) is 0 Å². The number of aryl methyl sites for hydroxylation is 1. The predicted molar refractivity (Wildman–Crippen MR) is 117 cm³/mol. The van der Waals surface area contributed by atoms with Crippen LogP contribution in [0.3, 0.4) is 0 Å². The van der Waals surface area contributed by atoms with E-state index in [-0.39, 0.29) is 11.6 Å². The molecule has 2 N–H and O–H groups in total. The van der Waals surface area contributed by atoms with Crippen LogP contribution >= 0.6 is 11.3 Å². The topological polar surface area (TPSA) is 67.4 Å². The van der Waals surface area contributed by atoms with Crippen molar-refractivity contribution in [3.63, 3.8) is 0 Å². The maximum absolute atomic E-state index is 12.9. The van der Waals surface area contributed by atoms with E-state index in [0.29, 0.717) is 17.9 Å². The number of hydrogen-bond acceptors (Lipinski definition) is 4. The largest absolute Gasteiger partial charge is 0.380 e. The maximum Gasteiger partial charge on any atom is 0.272 e. The molecule has 0 aliphatic rings. The molecular formula is C23H22N2O3S. The Bertz CT molecular complexity index is 1030. The van der Waals surface area contributed by atoms with Crippen LogP contribution in [0.1, 0.15) is 26.4 Å². The van der Waals surface area contributed by atoms with Gasteiger partial charge in [-0.05, 0) is 53.8 Å². The van der Waals surface area contributed by atoms with Crippen molar-refractivity contribution in [3.8, 4) is 0 Å². The fraction of sp³-hybridized carbons (Fsp3) is 0.130. The Balaban J connectivity index is 1.84. The molecule has 3 aromatic rings. The van der Waals surface area contributed by atoms with Crippen molar-refractivity contribution in [1.29, 1.82) is 0 Å². The average Bonchev–Trinajstić information content (AvgIpc) is 3.21. The summed E-state index contributed by atoms with van der Waals surface area (Å²) in [5.41, 5.74) is 3.12. The number of thiophene rings is 1. The molecule has 0 unspecified atom stereocenters. The number of anilines is 1. The molecule has 2 amide bonds. The van der Waals surface area contributed by atoms with Gasteiger partial charge in [-0.1, -0.05) is 36.4 Å². The zero-order chi connectivity index (χ0) is 20.6. The quantitative estimate of drug-likeness (QED) is 0.563. The highest BCUT2D eigenvalue weighted by Gasteiger charge is 2.16. The summed E-state index contributed by atoms with van der Waals surface area (Å²) in [4.78, 5) is 26.6. The van der Waals surface area contributed by atoms with Crippen LogP contribution in [-0.2, 0) is 16.1 Å². The number of benzene rings is 2. The van der Waals surface area contributed by atoms with Gasteiger partial charge >= 0.3 is 0 Å². The minimum Gasteiger partial charge on any atom is -0.380 e. The van der Waals surface area contributed by atoms with Crippen LogP contribution in [0, 0.1) is 6.92 Å². The fourth-order valence-corrected chi connectivity index (χ4v) is 3.45. The first-order chi connectivity index (χ1) is 14.1. The van der Waals surface area contributed by atoms with E-state index in [2.05, 4.69) is 10.6 Å². The molecule has 1 heterocycles. The summed E-state index contributed by atoms with van der Waals surface area (Å²) < 4.78 is 5.14. The number of ether oxygens (including phenoxy) is 1. The molecule has 0 aliphatic heterocycles. The molecule has 0 radical (unpaired) electrons. The second kappa shape index (κ2) is 9.82. The molecule has 29 heavy (non-hydrogen) atoms. The van der Waals surface area contributed by atoms with Crippen molar-refractivity contribution >= 4 is 34.9 Å². The summed E-state index contributed by atoms with van der Waals surface area (Å²) in [5.74, 6) is -0.718. The van der Waals surface area contributed by atoms with Crippen LogP contribution < -0.4 is 10.6 Å². The Morgan fingerprint density at radius 3 is 2.62 bits per heavy atom. The normalized spacial score (nSPS) is 11.2. The second-order valence-electron chi connectivity index (χ2n) is 6.43. The zero-order valence-electron chi connectivity index (χ0n) is 16.3. The van der Waals surface area contributed by atoms with Crippen LogP contribution in [0.5, 0.6) is 0 Å². The Morgan fingerprint density at radius 1 is 1.07 bits per heavy atom. The molecule has 1 aromatic heterocycles. The predicted octanol–water partition coefficient (Wildman–Crippen LogP) is 4.61. The van der Waals surface area contributed by atoms with Gasteiger partial charge in [0.15, 0.2) is 0 Å². The van der Waals surface area contributed by atoms with Gasteiger partial charge in [-0.15, -0.1) is 11.3 Å². The monoisotopic (exact) mass is 406 g/mol. The Kier molecular flexibility index (Phi) is 6.94. The molecule has 0 bridgehead atoms. The fourth-order valence-electron chi connectivity index (χ4n) is 2.80. The molecule has 0 aliphatic carbocycles. The van der Waals surface area contributed by atoms with E-state index in [9.17, 15) is 9.59 Å². The van der Waals surface area contributed by atoms with Crippen LogP contribution in [0.15, 0.2) is 71.7 Å². The lowest BCUT2D eigenvalue weighted by atomic mass is 10.1. The highest BCUT2D eigenvalue weighted by molar-refractivity contribution is 7.10. The molecule has 0 saturated carbocycles. The molecule has 0 fully saturated rings. The van der Waals surface area contributed by atoms with E-state index < -0.39 is 5.91 Å². The lowest BCUT2D eigenvalue weighted by Gasteiger charge is -2.12. The highest BCUT2D eigenvalue weighted by Crippen LogP contribution is 2.16. The van der Waals surface area contributed by atoms with Gasteiger partial charge in [0.05, 0.1) is 6.61 Å². The van der Waals surface area contributed by atoms with Gasteiger partial charge in [0, 0.05) is 23.2 Å². The number of nitrogens with one attached hydrogen (secondary N) is 2. The van der Waals surface area contributed by atoms with Gasteiger partial charge in [-0.25, -0.2) is 0 Å². The zero-order valence-corrected chi connectivity index (χ0v) is 17.1. The summed E-state index contributed by atoms with van der Waals surface area (Å²) in [6.07, 6.45) is 1.68. The van der Waals surface area contributed by atoms with Gasteiger partial charge < -0.3 is 15.4 Å². The molecule has 0 saturated heterocycles. The Hall–Kier alpha value is -3.22. The Labute approximate surface area is 174 Å². The van der Waals surface area contributed by atoms with Crippen molar-refractivity contribution in [1.82, 2.24) is 5.32 Å². The van der Waals surface area contributed by atoms with Crippen molar-refractivity contribution in [2.45, 2.75) is 13.5 Å². The number of rotatable bonds is 7. The van der Waals surface area contributed by atoms with Crippen LogP contribution in [0.2, 0.25) is 0 Å². The van der Waals surface area contributed by atoms with Crippen molar-refractivity contribution in [3.05, 3.63) is 93.3 Å². The molecule has 0 atom stereocenters. The summed E-state index contributed by atoms with van der Waals surface area (Å²) in [5, 5.41) is 7.53. The smallest absolute Gasteiger partial charge is 0.272 e. The van der Waals surface area contributed by atoms with Crippen LogP contribution in [0.25, 0.3) is 6.08 Å². The number of methoxy groups -OCH3 is 1. The lowest BCUT2D eigenvalue weighted by Crippen LogP contribution is -2.31. The first kappa shape index (κ1) is 20.5. The summed E-state index contributed by atoms with van der Waals surface area (Å²) in [6.45, 7) is 2.31. The molecule has 0 spiro atoms. The molecule has 6 heteroatoms. The minimum atomic E-state index is -0.394. The first-order valence-corrected chi connectivity index (χ1v) is 9.96. The third-order valence-corrected chi connectivity index (χ3v) is 5.03. The van der Waals surface area contributed by atoms with Gasteiger partial charge in [-0.3, -0.25) is 9.59 Å². The minimum absolute atomic E-state index is 0.179. The molecule has 5 nitrogen and oxygen atoms in total. The standard InChI is InChI=1S/C23H22N2O3S/c1-16-7-3-4-11-20(16)22(26)25-21(14-19-10-6-12-29-19)23(27)24-18-9-5-8-17(13-18)15-28-2/h3-14H,15H2,1-2H3,(H,24,27)(H,25,26)/b21-14-. The molecular weight excluding hydrogens is 384 g/mol. The third kappa shape index (κ3) is 5.63. The summed E-state index contributed by atoms with van der Waals surface area (Å²) in [6, 6.07) is 18.4. The van der Waals surface area contributed by atoms with Crippen molar-refractivity contribution in [2.24, 2.45) is 0 Å². The molecule has 2 aromatic carbocycles. The Morgan fingerprint density at radius 2 is 1.90 bits per heavy atom. The lowest BCUT2D eigenvalue weighted by molar-refractivity contribution is -0.113. The highest BCUT2D eigenvalue weighted by atomic mass is 32.1. The van der Waals surface area contributed by atoms with Crippen molar-refractivity contribution < 1.29 is 14.3 Å². The van der Waals surface area contributed by atoms with E-state index in [1.165, 1.54) is 11.3 Å². The number of carbonyl (C=O) groups excluding carboxylic acids is 2. The van der Waals surface area contributed by atoms with Gasteiger partial charge in [0.25, 0.3) is 11.8 Å². The van der Waals surface area contributed by atoms with E-state index >= 15 is 0 Å². The summed E-state index contributed by atoms with van der Waals surface area (Å²) in [7, 11) is 1.62. The molecule has 148 valence electrons. The number of hydrogen-bond donors (Lipinski definition) is 2. The van der Waals surface area contributed by atoms with Crippen molar-refractivity contribution in [2.75, 3.05) is 12.4 Å². The van der Waals surface area contributed by atoms with E-state index in [1.807, 2.05) is 54.8 Å². The van der Waals surface area contributed by atoms with Crippen LogP contribution in [-0.4, -0.2) is 18.9 Å². The first-order valence-electron chi connectivity index (χ1n) is 9.08.